The lowest BCUT2D eigenvalue weighted by molar-refractivity contribution is -0.321. The predicted molar refractivity (Wildman–Crippen MR) is 221 cm³/mol. The number of esters is 2. The molecule has 61 heavy (non-hydrogen) atoms. The molecule has 17 nitrogen and oxygen atoms in total. The van der Waals surface area contributed by atoms with Gasteiger partial charge in [-0.2, -0.15) is 5.26 Å². The molecule has 18 atom stereocenters. The van der Waals surface area contributed by atoms with Gasteiger partial charge in [-0.25, -0.2) is 4.79 Å². The molecular formula is C44H75N3O14. The third-order valence-corrected chi connectivity index (χ3v) is 13.4. The first-order chi connectivity index (χ1) is 28.4. The van der Waals surface area contributed by atoms with Gasteiger partial charge in [0.1, 0.15) is 12.2 Å². The molecule has 0 saturated carbocycles. The van der Waals surface area contributed by atoms with Crippen molar-refractivity contribution in [2.45, 2.75) is 199 Å². The first-order valence-electron chi connectivity index (χ1n) is 21.9. The lowest BCUT2D eigenvalue weighted by atomic mass is 9.77. The molecule has 0 aliphatic carbocycles. The number of rotatable bonds is 11. The fraction of sp³-hybridized carbons (Fsp3) is 0.909. The van der Waals surface area contributed by atoms with Crippen LogP contribution in [-0.4, -0.2) is 165 Å². The number of nitrogens with zero attached hydrogens (tertiary/aromatic N) is 3. The lowest BCUT2D eigenvalue weighted by Crippen LogP contribution is -2.61. The summed E-state index contributed by atoms with van der Waals surface area (Å²) in [5, 5.41) is 22.0. The second-order valence-corrected chi connectivity index (χ2v) is 18.9. The number of nitriles is 1. The molecule has 0 aromatic carbocycles. The van der Waals surface area contributed by atoms with Crippen LogP contribution >= 0.6 is 0 Å². The molecular weight excluding hydrogens is 794 g/mol. The maximum absolute atomic E-state index is 14.7. The van der Waals surface area contributed by atoms with E-state index in [1.54, 1.807) is 27.9 Å². The van der Waals surface area contributed by atoms with Crippen LogP contribution in [0, 0.1) is 29.1 Å². The third-order valence-electron chi connectivity index (χ3n) is 13.4. The van der Waals surface area contributed by atoms with Crippen molar-refractivity contribution in [2.75, 3.05) is 41.4 Å². The number of hydrogen-bond acceptors (Lipinski definition) is 17. The lowest BCUT2D eigenvalue weighted by Gasteiger charge is -2.49. The van der Waals surface area contributed by atoms with Crippen molar-refractivity contribution < 1.29 is 66.9 Å². The van der Waals surface area contributed by atoms with Crippen LogP contribution in [0.5, 0.6) is 0 Å². The number of likely N-dealkylation sites (N-methyl/N-ethyl adjacent to an activating group) is 2. The van der Waals surface area contributed by atoms with Gasteiger partial charge < -0.3 is 57.4 Å². The van der Waals surface area contributed by atoms with E-state index in [0.717, 1.165) is 0 Å². The van der Waals surface area contributed by atoms with Crippen LogP contribution in [0.3, 0.4) is 0 Å². The van der Waals surface area contributed by atoms with Gasteiger partial charge in [-0.05, 0) is 94.8 Å². The average Bonchev–Trinajstić information content (AvgIpc) is 3.48. The number of cyclic esters (lactones) is 1. The second kappa shape index (κ2) is 20.9. The minimum absolute atomic E-state index is 0.153. The fourth-order valence-electron chi connectivity index (χ4n) is 10.2. The largest absolute Gasteiger partial charge is 0.509 e. The summed E-state index contributed by atoms with van der Waals surface area (Å²) >= 11 is 0. The Morgan fingerprint density at radius 1 is 1.00 bits per heavy atom. The Morgan fingerprint density at radius 2 is 1.67 bits per heavy atom. The number of methoxy groups -OCH3 is 1. The smallest absolute Gasteiger partial charge is 0.458 e. The molecule has 4 saturated heterocycles. The summed E-state index contributed by atoms with van der Waals surface area (Å²) in [6.45, 7) is 20.4. The van der Waals surface area contributed by atoms with E-state index >= 15 is 0 Å². The van der Waals surface area contributed by atoms with E-state index in [1.165, 1.54) is 6.92 Å². The zero-order valence-corrected chi connectivity index (χ0v) is 39.2. The molecule has 0 unspecified atom stereocenters. The molecule has 0 spiro atoms. The first-order valence-corrected chi connectivity index (χ1v) is 21.9. The molecule has 0 bridgehead atoms. The molecule has 4 aliphatic rings. The van der Waals surface area contributed by atoms with E-state index < -0.39 is 102 Å². The Hall–Kier alpha value is -2.66. The molecule has 4 heterocycles. The highest BCUT2D eigenvalue weighted by molar-refractivity contribution is 5.73. The van der Waals surface area contributed by atoms with E-state index in [4.69, 9.17) is 52.6 Å². The SMILES string of the molecule is CC[C@H]1OC(=O)[C@H](C)[C@@H](O[C@H]2C[C@@](C)(OC)[C@@H](OCCC#N)[C@H](C)O2)[C@H](C)[C@@H](O[C@@H]2O[C@H](C)C[C@H](N(C)C)[C@H]2OC(C)=O)[C@](C)(O)C[C@@H](C)CN(C)[C@H](C)[C@H]2OC(=O)O[C@@]21C. The number of fused-ring (bicyclic) bond motifs is 1. The van der Waals surface area contributed by atoms with Crippen LogP contribution in [0.1, 0.15) is 108 Å². The summed E-state index contributed by atoms with van der Waals surface area (Å²) in [6.07, 6.45) is -7.48. The molecule has 4 aliphatic heterocycles. The monoisotopic (exact) mass is 870 g/mol. The second-order valence-electron chi connectivity index (χ2n) is 18.9. The summed E-state index contributed by atoms with van der Waals surface area (Å²) in [4.78, 5) is 44.1. The van der Waals surface area contributed by atoms with Gasteiger partial charge in [0.25, 0.3) is 0 Å². The highest BCUT2D eigenvalue weighted by atomic mass is 16.8. The van der Waals surface area contributed by atoms with E-state index in [2.05, 4.69) is 6.07 Å². The Morgan fingerprint density at radius 3 is 2.26 bits per heavy atom. The van der Waals surface area contributed by atoms with Crippen molar-refractivity contribution >= 4 is 18.1 Å². The van der Waals surface area contributed by atoms with Gasteiger partial charge >= 0.3 is 18.1 Å². The summed E-state index contributed by atoms with van der Waals surface area (Å²) < 4.78 is 62.9. The summed E-state index contributed by atoms with van der Waals surface area (Å²) in [7, 11) is 7.29. The molecule has 0 aromatic rings. The van der Waals surface area contributed by atoms with Gasteiger partial charge in [0.15, 0.2) is 30.4 Å². The number of carbonyl (C=O) groups excluding carboxylic acids is 3. The minimum atomic E-state index is -1.60. The quantitative estimate of drug-likeness (QED) is 0.172. The van der Waals surface area contributed by atoms with Crippen molar-refractivity contribution in [3.05, 3.63) is 0 Å². The fourth-order valence-corrected chi connectivity index (χ4v) is 10.2. The normalized spacial score (nSPS) is 44.4. The van der Waals surface area contributed by atoms with Crippen molar-refractivity contribution in [3.63, 3.8) is 0 Å². The highest BCUT2D eigenvalue weighted by Crippen LogP contribution is 2.42. The van der Waals surface area contributed by atoms with E-state index in [9.17, 15) is 19.5 Å². The maximum atomic E-state index is 14.7. The molecule has 1 N–H and O–H groups in total. The van der Waals surface area contributed by atoms with Crippen molar-refractivity contribution in [3.8, 4) is 6.07 Å². The van der Waals surface area contributed by atoms with Gasteiger partial charge in [0.2, 0.25) is 0 Å². The van der Waals surface area contributed by atoms with Gasteiger partial charge in [0, 0.05) is 39.0 Å². The van der Waals surface area contributed by atoms with Crippen molar-refractivity contribution in [1.82, 2.24) is 9.80 Å². The van der Waals surface area contributed by atoms with Crippen molar-refractivity contribution in [2.24, 2.45) is 17.8 Å². The van der Waals surface area contributed by atoms with Crippen LogP contribution in [0.25, 0.3) is 0 Å². The summed E-state index contributed by atoms with van der Waals surface area (Å²) in [5.41, 5.74) is -3.85. The number of carbonyl (C=O) groups is 3. The van der Waals surface area contributed by atoms with Crippen LogP contribution in [0.2, 0.25) is 0 Å². The Kier molecular flexibility index (Phi) is 17.5. The molecule has 0 aromatic heterocycles. The van der Waals surface area contributed by atoms with Crippen LogP contribution in [0.15, 0.2) is 0 Å². The number of aliphatic hydroxyl groups is 1. The number of hydrogen-bond donors (Lipinski definition) is 1. The third kappa shape index (κ3) is 11.7. The summed E-state index contributed by atoms with van der Waals surface area (Å²) in [6, 6.07) is 1.45. The standard InChI is InChI=1S/C44H75N3O14/c1-16-32-44(11)37(60-41(50)61-44)28(6)47(14)23-24(2)21-42(9,51)36(59-40-35(56-30(8)48)31(46(12)13)20-25(3)54-40)26(4)34(27(5)39(49)57-32)58-33-22-43(10,52-15)38(29(7)55-33)53-19-17-18-45/h24-29,31-38,40,51H,16-17,19-23H2,1-15H3/t24-,25-,26+,27-,28-,29+,31+,32-,33+,34+,35-,36-,37-,38+,40+,42-,43-,44-/m1/s1. The van der Waals surface area contributed by atoms with E-state index in [0.29, 0.717) is 19.4 Å². The first kappa shape index (κ1) is 51.0. The zero-order chi connectivity index (χ0) is 45.8. The topological polar surface area (TPSA) is 194 Å². The van der Waals surface area contributed by atoms with Crippen LogP contribution in [-0.2, 0) is 57.0 Å². The highest BCUT2D eigenvalue weighted by Gasteiger charge is 2.58. The number of ether oxygens (including phenoxy) is 10. The van der Waals surface area contributed by atoms with Gasteiger partial charge in [-0.15, -0.1) is 0 Å². The minimum Gasteiger partial charge on any atom is -0.458 e. The molecule has 350 valence electrons. The maximum Gasteiger partial charge on any atom is 0.509 e. The molecule has 17 heteroatoms. The average molecular weight is 870 g/mol. The van der Waals surface area contributed by atoms with Gasteiger partial charge in [-0.1, -0.05) is 20.8 Å². The Labute approximate surface area is 363 Å². The molecule has 0 amide bonds. The van der Waals surface area contributed by atoms with E-state index in [1.807, 2.05) is 79.4 Å². The van der Waals surface area contributed by atoms with Gasteiger partial charge in [0.05, 0.1) is 66.7 Å². The van der Waals surface area contributed by atoms with Crippen LogP contribution < -0.4 is 0 Å². The molecule has 4 rings (SSSR count). The zero-order valence-electron chi connectivity index (χ0n) is 39.2. The Balaban J connectivity index is 1.86. The predicted octanol–water partition coefficient (Wildman–Crippen LogP) is 4.59. The van der Waals surface area contributed by atoms with E-state index in [-0.39, 0.29) is 50.0 Å². The Bertz CT molecular complexity index is 1530. The van der Waals surface area contributed by atoms with Gasteiger partial charge in [-0.3, -0.25) is 14.5 Å². The molecule has 0 radical (unpaired) electrons. The summed E-state index contributed by atoms with van der Waals surface area (Å²) in [5.74, 6) is -3.10. The molecule has 4 fully saturated rings. The van der Waals surface area contributed by atoms with Crippen LogP contribution in [0.4, 0.5) is 4.79 Å². The van der Waals surface area contributed by atoms with Crippen molar-refractivity contribution in [1.29, 1.82) is 5.26 Å².